The average molecular weight is 263 g/mol. The Labute approximate surface area is 112 Å². The molecule has 0 amide bonds. The Morgan fingerprint density at radius 3 is 1.89 bits per heavy atom. The van der Waals surface area contributed by atoms with Crippen molar-refractivity contribution in [3.05, 3.63) is 64.7 Å². The molecule has 0 heterocycles. The van der Waals surface area contributed by atoms with Crippen molar-refractivity contribution < 1.29 is 9.90 Å². The summed E-state index contributed by atoms with van der Waals surface area (Å²) in [6.07, 6.45) is 0. The van der Waals surface area contributed by atoms with Gasteiger partial charge in [-0.05, 0) is 50.2 Å². The summed E-state index contributed by atoms with van der Waals surface area (Å²) in [5, 5.41) is 9.41. The third kappa shape index (κ3) is 5.02. The summed E-state index contributed by atoms with van der Waals surface area (Å²) in [6, 6.07) is 13.9. The number of halogens is 1. The van der Waals surface area contributed by atoms with Gasteiger partial charge in [-0.2, -0.15) is 0 Å². The minimum absolute atomic E-state index is 0.0664. The fraction of sp³-hybridized carbons (Fsp3) is 0.133. The van der Waals surface area contributed by atoms with E-state index in [4.69, 9.17) is 16.7 Å². The molecule has 2 nitrogen and oxygen atoms in total. The van der Waals surface area contributed by atoms with Gasteiger partial charge < -0.3 is 5.11 Å². The van der Waals surface area contributed by atoms with E-state index in [0.29, 0.717) is 16.3 Å². The van der Waals surface area contributed by atoms with Gasteiger partial charge in [0, 0.05) is 10.6 Å². The first-order valence-electron chi connectivity index (χ1n) is 5.51. The second kappa shape index (κ2) is 6.82. The number of hydrogen-bond donors (Lipinski definition) is 1. The maximum atomic E-state index is 10.7. The van der Waals surface area contributed by atoms with Crippen LogP contribution < -0.4 is 0 Å². The van der Waals surface area contributed by atoms with Crippen LogP contribution in [0.1, 0.15) is 22.8 Å². The molecule has 2 aromatic rings. The number of aryl methyl sites for hydroxylation is 1. The number of carbonyl (C=O) groups is 1. The number of phenols is 1. The summed E-state index contributed by atoms with van der Waals surface area (Å²) in [6.45, 7) is 3.52. The van der Waals surface area contributed by atoms with E-state index in [9.17, 15) is 4.79 Å². The van der Waals surface area contributed by atoms with Crippen LogP contribution in [0.4, 0.5) is 0 Å². The van der Waals surface area contributed by atoms with Crippen LogP contribution in [0.3, 0.4) is 0 Å². The molecule has 0 atom stereocenters. The molecule has 0 unspecified atom stereocenters. The molecule has 1 N–H and O–H groups in total. The van der Waals surface area contributed by atoms with E-state index >= 15 is 0 Å². The minimum atomic E-state index is 0.0664. The molecule has 0 aliphatic carbocycles. The van der Waals surface area contributed by atoms with Crippen molar-refractivity contribution in [3.8, 4) is 5.75 Å². The number of rotatable bonds is 1. The predicted octanol–water partition coefficient (Wildman–Crippen LogP) is 4.24. The Balaban J connectivity index is 0.000000184. The Kier molecular flexibility index (Phi) is 5.40. The zero-order valence-corrected chi connectivity index (χ0v) is 11.1. The van der Waals surface area contributed by atoms with Gasteiger partial charge in [0.05, 0.1) is 0 Å². The van der Waals surface area contributed by atoms with Gasteiger partial charge in [0.25, 0.3) is 0 Å². The van der Waals surface area contributed by atoms with E-state index in [1.807, 2.05) is 19.1 Å². The van der Waals surface area contributed by atoms with Crippen LogP contribution in [-0.2, 0) is 0 Å². The van der Waals surface area contributed by atoms with E-state index < -0.39 is 0 Å². The summed E-state index contributed by atoms with van der Waals surface area (Å²) < 4.78 is 0. The van der Waals surface area contributed by atoms with Crippen LogP contribution in [0.15, 0.2) is 48.5 Å². The lowest BCUT2D eigenvalue weighted by molar-refractivity contribution is 0.101. The molecule has 18 heavy (non-hydrogen) atoms. The molecule has 0 fully saturated rings. The van der Waals surface area contributed by atoms with Crippen molar-refractivity contribution >= 4 is 17.4 Å². The molecule has 0 radical (unpaired) electrons. The second-order valence-electron chi connectivity index (χ2n) is 3.90. The van der Waals surface area contributed by atoms with Gasteiger partial charge in [0.2, 0.25) is 0 Å². The van der Waals surface area contributed by atoms with Crippen LogP contribution in [0.25, 0.3) is 0 Å². The monoisotopic (exact) mass is 262 g/mol. The minimum Gasteiger partial charge on any atom is -0.508 e. The fourth-order valence-electron chi connectivity index (χ4n) is 1.23. The molecule has 2 rings (SSSR count). The van der Waals surface area contributed by atoms with E-state index in [2.05, 4.69) is 0 Å². The van der Waals surface area contributed by atoms with Crippen molar-refractivity contribution in [2.75, 3.05) is 0 Å². The van der Waals surface area contributed by atoms with Gasteiger partial charge in [-0.15, -0.1) is 0 Å². The second-order valence-corrected chi connectivity index (χ2v) is 4.34. The topological polar surface area (TPSA) is 37.3 Å². The van der Waals surface area contributed by atoms with Crippen molar-refractivity contribution in [2.24, 2.45) is 0 Å². The smallest absolute Gasteiger partial charge is 0.159 e. The van der Waals surface area contributed by atoms with Gasteiger partial charge in [0.1, 0.15) is 5.75 Å². The maximum Gasteiger partial charge on any atom is 0.159 e. The van der Waals surface area contributed by atoms with Gasteiger partial charge in [-0.25, -0.2) is 0 Å². The van der Waals surface area contributed by atoms with E-state index in [1.54, 1.807) is 36.4 Å². The Morgan fingerprint density at radius 2 is 1.50 bits per heavy atom. The van der Waals surface area contributed by atoms with E-state index in [0.717, 1.165) is 0 Å². The average Bonchev–Trinajstić information content (AvgIpc) is 2.34. The summed E-state index contributed by atoms with van der Waals surface area (Å²) in [5.41, 5.74) is 1.87. The number of aromatic hydroxyl groups is 1. The highest BCUT2D eigenvalue weighted by Gasteiger charge is 1.95. The number of carbonyl (C=O) groups excluding carboxylic acids is 1. The number of phenolic OH excluding ortho intramolecular Hbond substituents is 1. The largest absolute Gasteiger partial charge is 0.508 e. The highest BCUT2D eigenvalue weighted by molar-refractivity contribution is 6.30. The molecular weight excluding hydrogens is 248 g/mol. The summed E-state index contributed by atoms with van der Waals surface area (Å²) in [5.74, 6) is 0.396. The normalized spacial score (nSPS) is 9.28. The molecule has 0 spiro atoms. The first kappa shape index (κ1) is 14.3. The molecule has 0 aliphatic rings. The van der Waals surface area contributed by atoms with Crippen molar-refractivity contribution in [1.29, 1.82) is 0 Å². The number of benzene rings is 2. The lowest BCUT2D eigenvalue weighted by atomic mass is 10.2. The zero-order chi connectivity index (χ0) is 13.5. The number of ketones is 1. The maximum absolute atomic E-state index is 10.7. The molecule has 0 saturated heterocycles. The van der Waals surface area contributed by atoms with Crippen LogP contribution in [0.2, 0.25) is 5.02 Å². The first-order chi connectivity index (χ1) is 8.49. The van der Waals surface area contributed by atoms with Crippen LogP contribution in [-0.4, -0.2) is 10.9 Å². The van der Waals surface area contributed by atoms with E-state index in [-0.39, 0.29) is 5.78 Å². The van der Waals surface area contributed by atoms with Crippen LogP contribution in [0.5, 0.6) is 5.75 Å². The zero-order valence-electron chi connectivity index (χ0n) is 10.4. The molecule has 2 aromatic carbocycles. The van der Waals surface area contributed by atoms with Gasteiger partial charge >= 0.3 is 0 Å². The summed E-state index contributed by atoms with van der Waals surface area (Å²) in [4.78, 5) is 10.7. The molecule has 0 aliphatic heterocycles. The SMILES string of the molecule is CC(=O)c1ccc(Cl)cc1.Cc1ccc(O)cc1. The van der Waals surface area contributed by atoms with Gasteiger partial charge in [0.15, 0.2) is 5.78 Å². The first-order valence-corrected chi connectivity index (χ1v) is 5.89. The molecule has 0 bridgehead atoms. The predicted molar refractivity (Wildman–Crippen MR) is 74.3 cm³/mol. The standard InChI is InChI=1S/C8H7ClO.C7H8O/c1-6(10)7-2-4-8(9)5-3-7;1-6-2-4-7(8)5-3-6/h2-5H,1H3;2-5,8H,1H3. The summed E-state index contributed by atoms with van der Waals surface area (Å²) >= 11 is 5.61. The van der Waals surface area contributed by atoms with Gasteiger partial charge in [-0.3, -0.25) is 4.79 Å². The third-order valence-electron chi connectivity index (χ3n) is 2.28. The fourth-order valence-corrected chi connectivity index (χ4v) is 1.36. The van der Waals surface area contributed by atoms with Crippen molar-refractivity contribution in [2.45, 2.75) is 13.8 Å². The lowest BCUT2D eigenvalue weighted by Crippen LogP contribution is -1.89. The summed E-state index contributed by atoms with van der Waals surface area (Å²) in [7, 11) is 0. The molecular formula is C15H15ClO2. The lowest BCUT2D eigenvalue weighted by Gasteiger charge is -1.92. The molecule has 0 saturated carbocycles. The molecule has 3 heteroatoms. The highest BCUT2D eigenvalue weighted by Crippen LogP contribution is 2.09. The quantitative estimate of drug-likeness (QED) is 0.781. The van der Waals surface area contributed by atoms with E-state index in [1.165, 1.54) is 12.5 Å². The van der Waals surface area contributed by atoms with Crippen LogP contribution in [0, 0.1) is 6.92 Å². The van der Waals surface area contributed by atoms with Crippen LogP contribution >= 0.6 is 11.6 Å². The number of hydrogen-bond acceptors (Lipinski definition) is 2. The van der Waals surface area contributed by atoms with Crippen molar-refractivity contribution in [3.63, 3.8) is 0 Å². The highest BCUT2D eigenvalue weighted by atomic mass is 35.5. The Hall–Kier alpha value is -1.80. The Bertz CT molecular complexity index is 480. The van der Waals surface area contributed by atoms with Gasteiger partial charge in [-0.1, -0.05) is 29.3 Å². The third-order valence-corrected chi connectivity index (χ3v) is 2.54. The molecule has 94 valence electrons. The number of Topliss-reactive ketones (excluding diaryl/α,β-unsaturated/α-hetero) is 1. The van der Waals surface area contributed by atoms with Crippen molar-refractivity contribution in [1.82, 2.24) is 0 Å². The molecule has 0 aromatic heterocycles. The Morgan fingerprint density at radius 1 is 1.00 bits per heavy atom.